The van der Waals surface area contributed by atoms with Crippen LogP contribution in [0, 0.1) is 0 Å². The summed E-state index contributed by atoms with van der Waals surface area (Å²) in [6, 6.07) is 16.2. The van der Waals surface area contributed by atoms with Gasteiger partial charge in [0.15, 0.2) is 0 Å². The van der Waals surface area contributed by atoms with E-state index in [1.807, 2.05) is 24.3 Å². The maximum Gasteiger partial charge on any atom is 0.251 e. The normalized spacial score (nSPS) is 17.0. The number of likely N-dealkylation sites (N-methyl/N-ethyl adjacent to an activating group) is 1. The monoisotopic (exact) mass is 366 g/mol. The van der Waals surface area contributed by atoms with E-state index in [-0.39, 0.29) is 24.5 Å². The van der Waals surface area contributed by atoms with E-state index in [4.69, 9.17) is 4.74 Å². The zero-order chi connectivity index (χ0) is 19.2. The molecule has 142 valence electrons. The Kier molecular flexibility index (Phi) is 6.24. The van der Waals surface area contributed by atoms with E-state index >= 15 is 0 Å². The van der Waals surface area contributed by atoms with Crippen LogP contribution in [0.1, 0.15) is 29.3 Å². The average Bonchev–Trinajstić information content (AvgIpc) is 2.70. The number of benzene rings is 2. The highest BCUT2D eigenvalue weighted by Crippen LogP contribution is 2.21. The van der Waals surface area contributed by atoms with Gasteiger partial charge in [0.25, 0.3) is 5.91 Å². The van der Waals surface area contributed by atoms with Crippen LogP contribution in [-0.4, -0.2) is 49.6 Å². The standard InChI is InChI=1S/C22H26N2O3/c1-3-4-16-5-7-17(8-6-16)18-9-11-19(12-10-18)22(26)23-13-20-14-24(2)21(25)15-27-20/h5-12,20H,3-4,13-15H2,1-2H3,(H,23,26)/t20-/m0/s1. The quantitative estimate of drug-likeness (QED) is 0.855. The van der Waals surface area contributed by atoms with Crippen LogP contribution in [0.15, 0.2) is 48.5 Å². The van der Waals surface area contributed by atoms with Gasteiger partial charge in [-0.1, -0.05) is 49.7 Å². The summed E-state index contributed by atoms with van der Waals surface area (Å²) in [5.74, 6) is -0.168. The maximum absolute atomic E-state index is 12.4. The van der Waals surface area contributed by atoms with Gasteiger partial charge < -0.3 is 15.0 Å². The molecule has 0 spiro atoms. The molecule has 0 unspecified atom stereocenters. The third-order valence-electron chi connectivity index (χ3n) is 4.81. The molecule has 27 heavy (non-hydrogen) atoms. The van der Waals surface area contributed by atoms with Crippen molar-refractivity contribution in [2.75, 3.05) is 26.7 Å². The number of hydrogen-bond acceptors (Lipinski definition) is 3. The molecule has 1 N–H and O–H groups in total. The summed E-state index contributed by atoms with van der Waals surface area (Å²) in [7, 11) is 1.74. The second-order valence-electron chi connectivity index (χ2n) is 6.94. The van der Waals surface area contributed by atoms with E-state index in [2.05, 4.69) is 36.5 Å². The lowest BCUT2D eigenvalue weighted by molar-refractivity contribution is -0.146. The van der Waals surface area contributed by atoms with E-state index in [0.717, 1.165) is 24.0 Å². The first-order valence-corrected chi connectivity index (χ1v) is 9.40. The predicted molar refractivity (Wildman–Crippen MR) is 106 cm³/mol. The number of hydrogen-bond donors (Lipinski definition) is 1. The van der Waals surface area contributed by atoms with Gasteiger partial charge in [-0.2, -0.15) is 0 Å². The Labute approximate surface area is 160 Å². The summed E-state index contributed by atoms with van der Waals surface area (Å²) in [5, 5.41) is 2.88. The van der Waals surface area contributed by atoms with Crippen LogP contribution in [0.4, 0.5) is 0 Å². The summed E-state index contributed by atoms with van der Waals surface area (Å²) in [6.45, 7) is 3.13. The highest BCUT2D eigenvalue weighted by Gasteiger charge is 2.23. The molecule has 1 saturated heterocycles. The Bertz CT molecular complexity index is 784. The molecule has 0 radical (unpaired) electrons. The minimum atomic E-state index is -0.169. The number of nitrogens with one attached hydrogen (secondary N) is 1. The molecule has 1 aliphatic rings. The average molecular weight is 366 g/mol. The Morgan fingerprint density at radius 1 is 1.11 bits per heavy atom. The van der Waals surface area contributed by atoms with Gasteiger partial charge in [0, 0.05) is 25.7 Å². The van der Waals surface area contributed by atoms with Crippen LogP contribution in [0.2, 0.25) is 0 Å². The molecule has 0 aromatic heterocycles. The van der Waals surface area contributed by atoms with Gasteiger partial charge in [-0.05, 0) is 35.2 Å². The van der Waals surface area contributed by atoms with Gasteiger partial charge in [0.2, 0.25) is 5.91 Å². The van der Waals surface area contributed by atoms with Crippen LogP contribution in [0.25, 0.3) is 11.1 Å². The molecule has 0 bridgehead atoms. The number of aryl methyl sites for hydroxylation is 1. The maximum atomic E-state index is 12.4. The zero-order valence-electron chi connectivity index (χ0n) is 15.9. The van der Waals surface area contributed by atoms with Crippen molar-refractivity contribution in [1.82, 2.24) is 10.2 Å². The number of rotatable bonds is 6. The largest absolute Gasteiger partial charge is 0.365 e. The second-order valence-corrected chi connectivity index (χ2v) is 6.94. The number of morpholine rings is 1. The summed E-state index contributed by atoms with van der Waals surface area (Å²) in [5.41, 5.74) is 4.19. The summed E-state index contributed by atoms with van der Waals surface area (Å²) < 4.78 is 5.44. The first-order valence-electron chi connectivity index (χ1n) is 9.40. The number of carbonyl (C=O) groups excluding carboxylic acids is 2. The summed E-state index contributed by atoms with van der Waals surface area (Å²) in [6.07, 6.45) is 2.06. The third-order valence-corrected chi connectivity index (χ3v) is 4.81. The van der Waals surface area contributed by atoms with Crippen molar-refractivity contribution < 1.29 is 14.3 Å². The van der Waals surface area contributed by atoms with E-state index in [1.165, 1.54) is 5.56 Å². The molecule has 5 heteroatoms. The Hall–Kier alpha value is -2.66. The Balaban J connectivity index is 1.56. The first-order chi connectivity index (χ1) is 13.1. The van der Waals surface area contributed by atoms with Crippen molar-refractivity contribution >= 4 is 11.8 Å². The lowest BCUT2D eigenvalue weighted by Crippen LogP contribution is -2.48. The molecule has 1 heterocycles. The van der Waals surface area contributed by atoms with Gasteiger partial charge in [0.05, 0.1) is 6.10 Å². The fourth-order valence-corrected chi connectivity index (χ4v) is 3.16. The number of carbonyl (C=O) groups is 2. The van der Waals surface area contributed by atoms with Gasteiger partial charge in [0.1, 0.15) is 6.61 Å². The molecule has 0 saturated carbocycles. The van der Waals surface area contributed by atoms with Crippen LogP contribution in [0.3, 0.4) is 0 Å². The molecule has 2 aromatic rings. The van der Waals surface area contributed by atoms with Crippen molar-refractivity contribution in [1.29, 1.82) is 0 Å². The molecule has 1 atom stereocenters. The number of amides is 2. The lowest BCUT2D eigenvalue weighted by atomic mass is 10.0. The Morgan fingerprint density at radius 2 is 1.74 bits per heavy atom. The third kappa shape index (κ3) is 4.95. The van der Waals surface area contributed by atoms with Crippen LogP contribution < -0.4 is 5.32 Å². The van der Waals surface area contributed by atoms with Crippen molar-refractivity contribution in [2.24, 2.45) is 0 Å². The van der Waals surface area contributed by atoms with Gasteiger partial charge >= 0.3 is 0 Å². The van der Waals surface area contributed by atoms with Gasteiger partial charge in [-0.15, -0.1) is 0 Å². The van der Waals surface area contributed by atoms with Crippen molar-refractivity contribution in [3.05, 3.63) is 59.7 Å². The minimum absolute atomic E-state index is 0.0316. The lowest BCUT2D eigenvalue weighted by Gasteiger charge is -2.29. The SMILES string of the molecule is CCCc1ccc(-c2ccc(C(=O)NC[C@H]3CN(C)C(=O)CO3)cc2)cc1. The fourth-order valence-electron chi connectivity index (χ4n) is 3.16. The second kappa shape index (κ2) is 8.82. The van der Waals surface area contributed by atoms with Gasteiger partial charge in [-0.25, -0.2) is 0 Å². The number of ether oxygens (including phenoxy) is 1. The molecular weight excluding hydrogens is 340 g/mol. The zero-order valence-corrected chi connectivity index (χ0v) is 15.9. The first kappa shape index (κ1) is 19.1. The van der Waals surface area contributed by atoms with Crippen LogP contribution >= 0.6 is 0 Å². The van der Waals surface area contributed by atoms with Crippen molar-refractivity contribution in [3.63, 3.8) is 0 Å². The highest BCUT2D eigenvalue weighted by atomic mass is 16.5. The molecular formula is C22H26N2O3. The van der Waals surface area contributed by atoms with Crippen LogP contribution in [-0.2, 0) is 16.0 Å². The smallest absolute Gasteiger partial charge is 0.251 e. The number of nitrogens with zero attached hydrogens (tertiary/aromatic N) is 1. The molecule has 5 nitrogen and oxygen atoms in total. The summed E-state index contributed by atoms with van der Waals surface area (Å²) in [4.78, 5) is 25.4. The fraction of sp³-hybridized carbons (Fsp3) is 0.364. The van der Waals surface area contributed by atoms with E-state index in [1.54, 1.807) is 11.9 Å². The highest BCUT2D eigenvalue weighted by molar-refractivity contribution is 5.94. The minimum Gasteiger partial charge on any atom is -0.365 e. The van der Waals surface area contributed by atoms with Crippen molar-refractivity contribution in [2.45, 2.75) is 25.9 Å². The Morgan fingerprint density at radius 3 is 2.33 bits per heavy atom. The molecule has 2 amide bonds. The molecule has 1 fully saturated rings. The van der Waals surface area contributed by atoms with E-state index in [0.29, 0.717) is 18.7 Å². The van der Waals surface area contributed by atoms with Crippen LogP contribution in [0.5, 0.6) is 0 Å². The summed E-state index contributed by atoms with van der Waals surface area (Å²) >= 11 is 0. The molecule has 2 aromatic carbocycles. The molecule has 1 aliphatic heterocycles. The predicted octanol–water partition coefficient (Wildman–Crippen LogP) is 2.89. The van der Waals surface area contributed by atoms with Crippen molar-refractivity contribution in [3.8, 4) is 11.1 Å². The van der Waals surface area contributed by atoms with E-state index < -0.39 is 0 Å². The molecule has 3 rings (SSSR count). The topological polar surface area (TPSA) is 58.6 Å². The van der Waals surface area contributed by atoms with E-state index in [9.17, 15) is 9.59 Å². The van der Waals surface area contributed by atoms with Gasteiger partial charge in [-0.3, -0.25) is 9.59 Å². The molecule has 0 aliphatic carbocycles.